The Morgan fingerprint density at radius 1 is 1.25 bits per heavy atom. The number of para-hydroxylation sites is 1. The Bertz CT molecular complexity index is 812. The fourth-order valence-electron chi connectivity index (χ4n) is 2.88. The van der Waals surface area contributed by atoms with E-state index < -0.39 is 11.9 Å². The van der Waals surface area contributed by atoms with Gasteiger partial charge < -0.3 is 15.5 Å². The predicted octanol–water partition coefficient (Wildman–Crippen LogP) is 3.55. The molecule has 10 heteroatoms. The number of guanidine groups is 1. The molecule has 2 heterocycles. The van der Waals surface area contributed by atoms with Gasteiger partial charge in [0.25, 0.3) is 0 Å². The number of fused-ring (bicyclic) bond motifs is 1. The third-order valence-corrected chi connectivity index (χ3v) is 4.08. The van der Waals surface area contributed by atoms with Crippen molar-refractivity contribution in [3.05, 3.63) is 47.8 Å². The van der Waals surface area contributed by atoms with Crippen molar-refractivity contribution in [2.24, 2.45) is 4.99 Å². The standard InChI is InChI=1S/C18H21F3N6.HI/c1-2-22-17(27-12-8-13-5-3-4-6-14(13)27)25-11-10-24-16-23-9-7-15(26-16)18(19,20)21;/h3-7,9H,2,8,10-12H2,1H3,(H,22,25)(H,23,24,26);1H. The minimum absolute atomic E-state index is 0. The van der Waals surface area contributed by atoms with Crippen LogP contribution in [0.2, 0.25) is 0 Å². The number of benzene rings is 1. The average molecular weight is 506 g/mol. The number of halogens is 4. The summed E-state index contributed by atoms with van der Waals surface area (Å²) in [5, 5.41) is 6.05. The van der Waals surface area contributed by atoms with Crippen LogP contribution in [0.4, 0.5) is 24.8 Å². The highest BCUT2D eigenvalue weighted by atomic mass is 127. The summed E-state index contributed by atoms with van der Waals surface area (Å²) in [5.41, 5.74) is 1.44. The minimum Gasteiger partial charge on any atom is -0.356 e. The zero-order valence-corrected chi connectivity index (χ0v) is 17.7. The van der Waals surface area contributed by atoms with Crippen LogP contribution in [0.3, 0.4) is 0 Å². The first-order valence-corrected chi connectivity index (χ1v) is 8.77. The van der Waals surface area contributed by atoms with Crippen LogP contribution in [0.1, 0.15) is 18.2 Å². The second-order valence-corrected chi connectivity index (χ2v) is 5.96. The van der Waals surface area contributed by atoms with Gasteiger partial charge in [-0.15, -0.1) is 24.0 Å². The molecule has 0 saturated heterocycles. The fraction of sp³-hybridized carbons (Fsp3) is 0.389. The van der Waals surface area contributed by atoms with Gasteiger partial charge in [-0.05, 0) is 31.0 Å². The number of nitrogens with one attached hydrogen (secondary N) is 2. The van der Waals surface area contributed by atoms with E-state index in [0.717, 1.165) is 43.4 Å². The maximum atomic E-state index is 12.7. The lowest BCUT2D eigenvalue weighted by molar-refractivity contribution is -0.141. The molecule has 2 N–H and O–H groups in total. The summed E-state index contributed by atoms with van der Waals surface area (Å²) in [4.78, 5) is 14.0. The molecule has 6 nitrogen and oxygen atoms in total. The van der Waals surface area contributed by atoms with Gasteiger partial charge in [0.2, 0.25) is 5.95 Å². The van der Waals surface area contributed by atoms with Crippen molar-refractivity contribution in [1.82, 2.24) is 15.3 Å². The predicted molar refractivity (Wildman–Crippen MR) is 114 cm³/mol. The van der Waals surface area contributed by atoms with Crippen molar-refractivity contribution in [2.75, 3.05) is 36.4 Å². The molecule has 3 rings (SSSR count). The van der Waals surface area contributed by atoms with Crippen LogP contribution in [-0.2, 0) is 12.6 Å². The summed E-state index contributed by atoms with van der Waals surface area (Å²) in [6.07, 6.45) is -2.44. The van der Waals surface area contributed by atoms with E-state index in [1.54, 1.807) is 0 Å². The molecule has 0 saturated carbocycles. The molecule has 0 bridgehead atoms. The van der Waals surface area contributed by atoms with E-state index in [9.17, 15) is 13.2 Å². The van der Waals surface area contributed by atoms with Crippen LogP contribution in [0, 0.1) is 0 Å². The number of rotatable bonds is 5. The normalized spacial score (nSPS) is 13.7. The number of aliphatic imine (C=N–C) groups is 1. The molecule has 2 aromatic rings. The molecule has 0 spiro atoms. The molecular formula is C18H22F3IN6. The van der Waals surface area contributed by atoms with E-state index in [1.807, 2.05) is 19.1 Å². The summed E-state index contributed by atoms with van der Waals surface area (Å²) in [6.45, 7) is 4.26. The molecule has 0 unspecified atom stereocenters. The van der Waals surface area contributed by atoms with E-state index in [0.29, 0.717) is 13.1 Å². The SMILES string of the molecule is CCNC(=NCCNc1nccc(C(F)(F)F)n1)N1CCc2ccccc21.I. The number of alkyl halides is 3. The van der Waals surface area contributed by atoms with Crippen LogP contribution in [0.5, 0.6) is 0 Å². The molecule has 1 aliphatic rings. The van der Waals surface area contributed by atoms with Gasteiger partial charge in [-0.2, -0.15) is 13.2 Å². The summed E-state index contributed by atoms with van der Waals surface area (Å²) in [6, 6.07) is 9.02. The van der Waals surface area contributed by atoms with Crippen LogP contribution in [0.25, 0.3) is 0 Å². The summed E-state index contributed by atoms with van der Waals surface area (Å²) in [7, 11) is 0. The maximum absolute atomic E-state index is 12.7. The number of anilines is 2. The van der Waals surface area contributed by atoms with Gasteiger partial charge in [0, 0.05) is 31.5 Å². The van der Waals surface area contributed by atoms with Crippen molar-refractivity contribution in [3.8, 4) is 0 Å². The van der Waals surface area contributed by atoms with E-state index in [-0.39, 0.29) is 29.9 Å². The zero-order valence-electron chi connectivity index (χ0n) is 15.3. The number of hydrogen-bond acceptors (Lipinski definition) is 4. The second kappa shape index (κ2) is 9.89. The largest absolute Gasteiger partial charge is 0.433 e. The molecular weight excluding hydrogens is 484 g/mol. The fourth-order valence-corrected chi connectivity index (χ4v) is 2.88. The zero-order chi connectivity index (χ0) is 19.3. The van der Waals surface area contributed by atoms with Crippen LogP contribution >= 0.6 is 24.0 Å². The molecule has 152 valence electrons. The Kier molecular flexibility index (Phi) is 7.84. The topological polar surface area (TPSA) is 65.4 Å². The third-order valence-electron chi connectivity index (χ3n) is 4.08. The Hall–Kier alpha value is -2.11. The molecule has 0 atom stereocenters. The molecule has 1 aromatic heterocycles. The van der Waals surface area contributed by atoms with E-state index in [4.69, 9.17) is 0 Å². The molecule has 1 aliphatic heterocycles. The number of hydrogen-bond donors (Lipinski definition) is 2. The lowest BCUT2D eigenvalue weighted by atomic mass is 10.2. The molecule has 0 amide bonds. The quantitative estimate of drug-likeness (QED) is 0.281. The first kappa shape index (κ1) is 22.2. The van der Waals surface area contributed by atoms with Crippen molar-refractivity contribution in [2.45, 2.75) is 19.5 Å². The minimum atomic E-state index is -4.49. The Balaban J connectivity index is 0.00000280. The lowest BCUT2D eigenvalue weighted by Crippen LogP contribution is -2.40. The Labute approximate surface area is 178 Å². The van der Waals surface area contributed by atoms with Crippen molar-refractivity contribution >= 4 is 41.6 Å². The Morgan fingerprint density at radius 2 is 2.04 bits per heavy atom. The first-order chi connectivity index (χ1) is 13.0. The van der Waals surface area contributed by atoms with Gasteiger partial charge in [0.1, 0.15) is 5.69 Å². The first-order valence-electron chi connectivity index (χ1n) is 8.77. The molecule has 28 heavy (non-hydrogen) atoms. The van der Waals surface area contributed by atoms with E-state index in [2.05, 4.69) is 42.6 Å². The summed E-state index contributed by atoms with van der Waals surface area (Å²) < 4.78 is 38.1. The van der Waals surface area contributed by atoms with Gasteiger partial charge in [-0.1, -0.05) is 18.2 Å². The highest BCUT2D eigenvalue weighted by Crippen LogP contribution is 2.28. The monoisotopic (exact) mass is 506 g/mol. The maximum Gasteiger partial charge on any atom is 0.433 e. The highest BCUT2D eigenvalue weighted by molar-refractivity contribution is 14.0. The van der Waals surface area contributed by atoms with Crippen molar-refractivity contribution in [3.63, 3.8) is 0 Å². The Morgan fingerprint density at radius 3 is 2.79 bits per heavy atom. The van der Waals surface area contributed by atoms with Crippen LogP contribution in [-0.4, -0.2) is 42.1 Å². The molecule has 1 aromatic carbocycles. The second-order valence-electron chi connectivity index (χ2n) is 5.96. The van der Waals surface area contributed by atoms with Gasteiger partial charge in [0.05, 0.1) is 6.54 Å². The average Bonchev–Trinajstić information content (AvgIpc) is 3.08. The van der Waals surface area contributed by atoms with Gasteiger partial charge in [-0.3, -0.25) is 4.99 Å². The van der Waals surface area contributed by atoms with E-state index >= 15 is 0 Å². The molecule has 0 fully saturated rings. The van der Waals surface area contributed by atoms with E-state index in [1.165, 1.54) is 5.56 Å². The van der Waals surface area contributed by atoms with Crippen LogP contribution < -0.4 is 15.5 Å². The van der Waals surface area contributed by atoms with Gasteiger partial charge in [-0.25, -0.2) is 9.97 Å². The number of aromatic nitrogens is 2. The van der Waals surface area contributed by atoms with Crippen LogP contribution in [0.15, 0.2) is 41.5 Å². The summed E-state index contributed by atoms with van der Waals surface area (Å²) >= 11 is 0. The van der Waals surface area contributed by atoms with Gasteiger partial charge in [0.15, 0.2) is 5.96 Å². The lowest BCUT2D eigenvalue weighted by Gasteiger charge is -2.22. The van der Waals surface area contributed by atoms with Crippen molar-refractivity contribution in [1.29, 1.82) is 0 Å². The number of nitrogens with zero attached hydrogens (tertiary/aromatic N) is 4. The molecule has 0 radical (unpaired) electrons. The summed E-state index contributed by atoms with van der Waals surface area (Å²) in [5.74, 6) is 0.700. The van der Waals surface area contributed by atoms with Crippen molar-refractivity contribution < 1.29 is 13.2 Å². The smallest absolute Gasteiger partial charge is 0.356 e. The third kappa shape index (κ3) is 5.46. The molecule has 0 aliphatic carbocycles. The highest BCUT2D eigenvalue weighted by Gasteiger charge is 2.32. The van der Waals surface area contributed by atoms with Gasteiger partial charge >= 0.3 is 6.18 Å².